The second-order valence-electron chi connectivity index (χ2n) is 6.84. The Morgan fingerprint density at radius 2 is 1.80 bits per heavy atom. The number of carbonyl (C=O) groups is 2. The van der Waals surface area contributed by atoms with Gasteiger partial charge in [0.05, 0.1) is 11.3 Å². The fourth-order valence-electron chi connectivity index (χ4n) is 3.34. The number of Topliss-reactive ketones (excluding diaryl/α,β-unsaturated/α-hetero) is 1. The van der Waals surface area contributed by atoms with E-state index in [1.54, 1.807) is 25.1 Å². The highest BCUT2D eigenvalue weighted by atomic mass is 35.5. The Bertz CT molecular complexity index is 1180. The van der Waals surface area contributed by atoms with E-state index in [4.69, 9.17) is 11.6 Å². The standard InChI is InChI=1S/C22H16ClFN2O3S/c1-11-12(2)30-22(25-11)26-18(15-5-3-4-6-16(15)24)17(20(28)21(26)29)19(27)13-7-9-14(23)10-8-13/h3-10,18,27H,1-2H3/b19-17+/t18-/m1/s1. The molecule has 1 saturated heterocycles. The maximum absolute atomic E-state index is 14.8. The first kappa shape index (κ1) is 20.3. The Labute approximate surface area is 181 Å². The highest BCUT2D eigenvalue weighted by Crippen LogP contribution is 2.44. The molecule has 0 radical (unpaired) electrons. The molecule has 152 valence electrons. The zero-order valence-corrected chi connectivity index (χ0v) is 17.6. The quantitative estimate of drug-likeness (QED) is 0.344. The predicted octanol–water partition coefficient (Wildman–Crippen LogP) is 5.18. The number of anilines is 1. The molecule has 0 unspecified atom stereocenters. The van der Waals surface area contributed by atoms with Crippen molar-refractivity contribution in [2.75, 3.05) is 4.90 Å². The van der Waals surface area contributed by atoms with Gasteiger partial charge >= 0.3 is 5.91 Å². The second-order valence-corrected chi connectivity index (χ2v) is 8.45. The minimum absolute atomic E-state index is 0.0951. The van der Waals surface area contributed by atoms with E-state index in [0.717, 1.165) is 9.78 Å². The van der Waals surface area contributed by atoms with Crippen LogP contribution < -0.4 is 4.90 Å². The third-order valence-electron chi connectivity index (χ3n) is 4.99. The van der Waals surface area contributed by atoms with Crippen LogP contribution in [0.15, 0.2) is 54.1 Å². The maximum atomic E-state index is 14.8. The molecule has 4 rings (SSSR count). The van der Waals surface area contributed by atoms with Crippen LogP contribution in [0.1, 0.15) is 27.7 Å². The number of nitrogens with zero attached hydrogens (tertiary/aromatic N) is 2. The normalized spacial score (nSPS) is 18.3. The van der Waals surface area contributed by atoms with Crippen molar-refractivity contribution in [3.63, 3.8) is 0 Å². The van der Waals surface area contributed by atoms with E-state index in [0.29, 0.717) is 16.3 Å². The SMILES string of the molecule is Cc1nc(N2C(=O)C(=O)/C(=C(/O)c3ccc(Cl)cc3)[C@H]2c2ccccc2F)sc1C. The van der Waals surface area contributed by atoms with E-state index in [-0.39, 0.29) is 16.3 Å². The molecule has 0 aliphatic carbocycles. The Hall–Kier alpha value is -3.03. The summed E-state index contributed by atoms with van der Waals surface area (Å²) >= 11 is 7.14. The zero-order valence-electron chi connectivity index (χ0n) is 16.0. The molecule has 2 heterocycles. The summed E-state index contributed by atoms with van der Waals surface area (Å²) in [6.07, 6.45) is 0. The lowest BCUT2D eigenvalue weighted by molar-refractivity contribution is -0.132. The lowest BCUT2D eigenvalue weighted by Crippen LogP contribution is -2.29. The Balaban J connectivity index is 1.97. The summed E-state index contributed by atoms with van der Waals surface area (Å²) in [5, 5.41) is 11.7. The first-order valence-corrected chi connectivity index (χ1v) is 10.2. The van der Waals surface area contributed by atoms with Gasteiger partial charge in [-0.15, -0.1) is 11.3 Å². The van der Waals surface area contributed by atoms with Crippen molar-refractivity contribution in [1.82, 2.24) is 4.98 Å². The molecule has 1 aliphatic rings. The van der Waals surface area contributed by atoms with Crippen molar-refractivity contribution in [3.05, 3.63) is 86.6 Å². The number of carbonyl (C=O) groups excluding carboxylic acids is 2. The third kappa shape index (κ3) is 3.30. The van der Waals surface area contributed by atoms with E-state index in [1.165, 1.54) is 41.7 Å². The van der Waals surface area contributed by atoms with Gasteiger partial charge < -0.3 is 5.11 Å². The minimum atomic E-state index is -1.15. The van der Waals surface area contributed by atoms with Gasteiger partial charge in [-0.1, -0.05) is 29.8 Å². The van der Waals surface area contributed by atoms with Gasteiger partial charge in [0.15, 0.2) is 5.13 Å². The molecule has 1 amide bonds. The van der Waals surface area contributed by atoms with E-state index < -0.39 is 29.3 Å². The molecule has 0 spiro atoms. The first-order valence-electron chi connectivity index (χ1n) is 9.05. The lowest BCUT2D eigenvalue weighted by Gasteiger charge is -2.23. The zero-order chi connectivity index (χ0) is 21.6. The number of hydrogen-bond donors (Lipinski definition) is 1. The van der Waals surface area contributed by atoms with Crippen molar-refractivity contribution in [1.29, 1.82) is 0 Å². The molecule has 0 saturated carbocycles. The number of amides is 1. The van der Waals surface area contributed by atoms with E-state index >= 15 is 0 Å². The topological polar surface area (TPSA) is 70.5 Å². The monoisotopic (exact) mass is 442 g/mol. The van der Waals surface area contributed by atoms with E-state index in [1.807, 2.05) is 6.92 Å². The average molecular weight is 443 g/mol. The highest BCUT2D eigenvalue weighted by Gasteiger charge is 2.49. The second kappa shape index (κ2) is 7.66. The highest BCUT2D eigenvalue weighted by molar-refractivity contribution is 7.16. The molecule has 5 nitrogen and oxygen atoms in total. The van der Waals surface area contributed by atoms with Gasteiger partial charge in [-0.2, -0.15) is 0 Å². The number of thiazole rings is 1. The molecule has 8 heteroatoms. The molecule has 1 fully saturated rings. The van der Waals surface area contributed by atoms with Crippen LogP contribution in [-0.2, 0) is 9.59 Å². The molecule has 1 N–H and O–H groups in total. The van der Waals surface area contributed by atoms with Gasteiger partial charge in [0.1, 0.15) is 17.6 Å². The minimum Gasteiger partial charge on any atom is -0.507 e. The molecular formula is C22H16ClFN2O3S. The van der Waals surface area contributed by atoms with Gasteiger partial charge in [-0.05, 0) is 44.2 Å². The van der Waals surface area contributed by atoms with Gasteiger partial charge in [-0.3, -0.25) is 14.5 Å². The summed E-state index contributed by atoms with van der Waals surface area (Å²) < 4.78 is 14.8. The number of rotatable bonds is 3. The molecule has 1 atom stereocenters. The summed E-state index contributed by atoms with van der Waals surface area (Å²) in [6.45, 7) is 3.64. The van der Waals surface area contributed by atoms with Crippen molar-refractivity contribution < 1.29 is 19.1 Å². The number of halogens is 2. The first-order chi connectivity index (χ1) is 14.3. The van der Waals surface area contributed by atoms with Crippen LogP contribution in [0.5, 0.6) is 0 Å². The number of benzene rings is 2. The summed E-state index contributed by atoms with van der Waals surface area (Å²) in [4.78, 5) is 32.4. The van der Waals surface area contributed by atoms with Crippen LogP contribution in [0.2, 0.25) is 5.02 Å². The van der Waals surface area contributed by atoms with Crippen molar-refractivity contribution in [2.45, 2.75) is 19.9 Å². The number of aryl methyl sites for hydroxylation is 2. The largest absolute Gasteiger partial charge is 0.507 e. The summed E-state index contributed by atoms with van der Waals surface area (Å²) in [6, 6.07) is 10.9. The number of aromatic nitrogens is 1. The van der Waals surface area contributed by atoms with Gasteiger partial charge in [0, 0.05) is 21.0 Å². The molecule has 3 aromatic rings. The van der Waals surface area contributed by atoms with Crippen molar-refractivity contribution in [3.8, 4) is 0 Å². The number of aliphatic hydroxyl groups excluding tert-OH is 1. The number of ketones is 1. The summed E-state index contributed by atoms with van der Waals surface area (Å²) in [5.74, 6) is -2.76. The van der Waals surface area contributed by atoms with Crippen LogP contribution in [0.25, 0.3) is 5.76 Å². The van der Waals surface area contributed by atoms with Crippen LogP contribution in [-0.4, -0.2) is 21.8 Å². The predicted molar refractivity (Wildman–Crippen MR) is 114 cm³/mol. The third-order valence-corrected chi connectivity index (χ3v) is 6.31. The lowest BCUT2D eigenvalue weighted by atomic mass is 9.95. The smallest absolute Gasteiger partial charge is 0.301 e. The molecule has 30 heavy (non-hydrogen) atoms. The molecular weight excluding hydrogens is 427 g/mol. The fraction of sp³-hybridized carbons (Fsp3) is 0.136. The number of aliphatic hydroxyl groups is 1. The average Bonchev–Trinajstić information content (AvgIpc) is 3.18. The molecule has 0 bridgehead atoms. The van der Waals surface area contributed by atoms with Crippen LogP contribution in [0, 0.1) is 19.7 Å². The van der Waals surface area contributed by atoms with Crippen molar-refractivity contribution >= 4 is 45.5 Å². The molecule has 2 aromatic carbocycles. The molecule has 1 aromatic heterocycles. The van der Waals surface area contributed by atoms with E-state index in [2.05, 4.69) is 4.98 Å². The Morgan fingerprint density at radius 3 is 2.40 bits per heavy atom. The van der Waals surface area contributed by atoms with Gasteiger partial charge in [-0.25, -0.2) is 9.37 Å². The van der Waals surface area contributed by atoms with Crippen LogP contribution >= 0.6 is 22.9 Å². The number of hydrogen-bond acceptors (Lipinski definition) is 5. The Kier molecular flexibility index (Phi) is 5.17. The van der Waals surface area contributed by atoms with Gasteiger partial charge in [0.25, 0.3) is 5.78 Å². The summed E-state index contributed by atoms with van der Waals surface area (Å²) in [5.41, 5.74) is 0.905. The van der Waals surface area contributed by atoms with Crippen LogP contribution in [0.3, 0.4) is 0 Å². The Morgan fingerprint density at radius 1 is 1.13 bits per heavy atom. The van der Waals surface area contributed by atoms with Gasteiger partial charge in [0.2, 0.25) is 0 Å². The fourth-order valence-corrected chi connectivity index (χ4v) is 4.41. The molecule has 1 aliphatic heterocycles. The maximum Gasteiger partial charge on any atom is 0.301 e. The van der Waals surface area contributed by atoms with Crippen molar-refractivity contribution in [2.24, 2.45) is 0 Å². The van der Waals surface area contributed by atoms with E-state index in [9.17, 15) is 19.1 Å². The summed E-state index contributed by atoms with van der Waals surface area (Å²) in [7, 11) is 0. The van der Waals surface area contributed by atoms with Crippen LogP contribution in [0.4, 0.5) is 9.52 Å².